The highest BCUT2D eigenvalue weighted by Gasteiger charge is 2.02. The first-order chi connectivity index (χ1) is 6.33. The molecule has 1 rings (SSSR count). The van der Waals surface area contributed by atoms with Crippen LogP contribution < -0.4 is 0 Å². The average molecular weight is 177 g/mol. The summed E-state index contributed by atoms with van der Waals surface area (Å²) >= 11 is 0. The molecule has 0 fully saturated rings. The van der Waals surface area contributed by atoms with Crippen molar-refractivity contribution in [3.8, 4) is 0 Å². The van der Waals surface area contributed by atoms with Crippen molar-refractivity contribution in [2.75, 3.05) is 13.2 Å². The van der Waals surface area contributed by atoms with Crippen LogP contribution in [0.3, 0.4) is 0 Å². The van der Waals surface area contributed by atoms with E-state index in [1.807, 2.05) is 6.07 Å². The Kier molecular flexibility index (Phi) is 4.55. The van der Waals surface area contributed by atoms with Crippen LogP contribution in [0.25, 0.3) is 0 Å². The highest BCUT2D eigenvalue weighted by Crippen LogP contribution is 2.08. The monoisotopic (exact) mass is 177 g/mol. The lowest BCUT2D eigenvalue weighted by Crippen LogP contribution is -2.08. The highest BCUT2D eigenvalue weighted by atomic mass is 16.5. The first-order valence-corrected chi connectivity index (χ1v) is 4.74. The van der Waals surface area contributed by atoms with Crippen molar-refractivity contribution in [3.05, 3.63) is 42.8 Å². The van der Waals surface area contributed by atoms with Gasteiger partial charge in [-0.1, -0.05) is 37.3 Å². The topological polar surface area (TPSA) is 9.23 Å². The van der Waals surface area contributed by atoms with E-state index in [9.17, 15) is 0 Å². The molecule has 1 heteroatoms. The van der Waals surface area contributed by atoms with Gasteiger partial charge in [-0.2, -0.15) is 0 Å². The smallest absolute Gasteiger partial charge is 0.0494 e. The average Bonchev–Trinajstić information content (AvgIpc) is 2.16. The molecule has 1 aromatic carbocycles. The molecule has 0 saturated heterocycles. The molecule has 1 unspecified atom stereocenters. The zero-order valence-electron chi connectivity index (χ0n) is 8.20. The Morgan fingerprint density at radius 3 is 2.62 bits per heavy atom. The van der Waals surface area contributed by atoms with Gasteiger partial charge in [-0.05, 0) is 24.8 Å². The molecule has 1 radical (unpaired) electrons. The van der Waals surface area contributed by atoms with Gasteiger partial charge in [0.15, 0.2) is 0 Å². The first-order valence-electron chi connectivity index (χ1n) is 4.74. The summed E-state index contributed by atoms with van der Waals surface area (Å²) in [6.45, 7) is 7.21. The molecule has 1 atom stereocenters. The van der Waals surface area contributed by atoms with Crippen molar-refractivity contribution in [2.24, 2.45) is 5.92 Å². The van der Waals surface area contributed by atoms with Gasteiger partial charge in [-0.3, -0.25) is 0 Å². The molecule has 0 bridgehead atoms. The third-order valence-electron chi connectivity index (χ3n) is 1.97. The maximum Gasteiger partial charge on any atom is 0.0494 e. The maximum atomic E-state index is 5.26. The fourth-order valence-corrected chi connectivity index (χ4v) is 1.36. The van der Waals surface area contributed by atoms with Gasteiger partial charge in [0.1, 0.15) is 0 Å². The molecule has 0 aromatic heterocycles. The summed E-state index contributed by atoms with van der Waals surface area (Å²) in [5.41, 5.74) is 1.38. The summed E-state index contributed by atoms with van der Waals surface area (Å²) in [6, 6.07) is 10.5. The van der Waals surface area contributed by atoms with Gasteiger partial charge in [-0.15, -0.1) is 0 Å². The van der Waals surface area contributed by atoms with E-state index in [2.05, 4.69) is 38.1 Å². The number of benzene rings is 1. The third kappa shape index (κ3) is 4.09. The quantitative estimate of drug-likeness (QED) is 0.672. The fourth-order valence-electron chi connectivity index (χ4n) is 1.36. The van der Waals surface area contributed by atoms with Gasteiger partial charge >= 0.3 is 0 Å². The molecule has 0 heterocycles. The lowest BCUT2D eigenvalue weighted by molar-refractivity contribution is 0.127. The third-order valence-corrected chi connectivity index (χ3v) is 1.97. The van der Waals surface area contributed by atoms with Crippen LogP contribution in [-0.4, -0.2) is 13.2 Å². The predicted octanol–water partition coefficient (Wildman–Crippen LogP) is 2.72. The van der Waals surface area contributed by atoms with Gasteiger partial charge in [0.05, 0.1) is 0 Å². The Balaban J connectivity index is 2.32. The lowest BCUT2D eigenvalue weighted by Gasteiger charge is -2.10. The second-order valence-electron chi connectivity index (χ2n) is 3.37. The molecule has 0 amide bonds. The minimum absolute atomic E-state index is 0.569. The number of ether oxygens (including phenoxy) is 1. The molecule has 0 aliphatic heterocycles. The van der Waals surface area contributed by atoms with Crippen LogP contribution in [0, 0.1) is 12.8 Å². The SMILES string of the molecule is [CH2]COCC(C)Cc1ccccc1. The van der Waals surface area contributed by atoms with E-state index < -0.39 is 0 Å². The maximum absolute atomic E-state index is 5.26. The minimum atomic E-state index is 0.569. The van der Waals surface area contributed by atoms with E-state index >= 15 is 0 Å². The first kappa shape index (κ1) is 10.3. The van der Waals surface area contributed by atoms with Crippen molar-refractivity contribution in [2.45, 2.75) is 13.3 Å². The van der Waals surface area contributed by atoms with Gasteiger partial charge in [0.25, 0.3) is 0 Å². The van der Waals surface area contributed by atoms with Crippen LogP contribution in [0.2, 0.25) is 0 Å². The van der Waals surface area contributed by atoms with Gasteiger partial charge in [0, 0.05) is 13.2 Å². The van der Waals surface area contributed by atoms with Crippen LogP contribution in [0.15, 0.2) is 30.3 Å². The fraction of sp³-hybridized carbons (Fsp3) is 0.417. The summed E-state index contributed by atoms with van der Waals surface area (Å²) in [6.07, 6.45) is 1.08. The second kappa shape index (κ2) is 5.76. The van der Waals surface area contributed by atoms with E-state index in [0.717, 1.165) is 13.0 Å². The Morgan fingerprint density at radius 1 is 1.31 bits per heavy atom. The Bertz CT molecular complexity index is 218. The standard InChI is InChI=1S/C12H17O/c1-3-13-10-11(2)9-12-7-5-4-6-8-12/h4-8,11H,1,3,9-10H2,2H3. The lowest BCUT2D eigenvalue weighted by atomic mass is 10.0. The van der Waals surface area contributed by atoms with Crippen molar-refractivity contribution in [3.63, 3.8) is 0 Å². The van der Waals surface area contributed by atoms with Gasteiger partial charge in [0.2, 0.25) is 0 Å². The second-order valence-corrected chi connectivity index (χ2v) is 3.37. The van der Waals surface area contributed by atoms with Crippen molar-refractivity contribution in [1.82, 2.24) is 0 Å². The minimum Gasteiger partial charge on any atom is -0.381 e. The molecular formula is C12H17O. The van der Waals surface area contributed by atoms with Crippen LogP contribution in [-0.2, 0) is 11.2 Å². The van der Waals surface area contributed by atoms with Crippen LogP contribution in [0.5, 0.6) is 0 Å². The molecule has 71 valence electrons. The zero-order chi connectivity index (χ0) is 9.52. The van der Waals surface area contributed by atoms with Gasteiger partial charge < -0.3 is 4.74 Å². The molecule has 0 N–H and O–H groups in total. The van der Waals surface area contributed by atoms with E-state index in [1.165, 1.54) is 5.56 Å². The summed E-state index contributed by atoms with van der Waals surface area (Å²) in [5.74, 6) is 0.573. The highest BCUT2D eigenvalue weighted by molar-refractivity contribution is 5.14. The van der Waals surface area contributed by atoms with Crippen molar-refractivity contribution >= 4 is 0 Å². The largest absolute Gasteiger partial charge is 0.381 e. The molecule has 13 heavy (non-hydrogen) atoms. The summed E-state index contributed by atoms with van der Waals surface area (Å²) in [7, 11) is 0. The molecule has 0 aliphatic carbocycles. The molecule has 0 aliphatic rings. The number of hydrogen-bond acceptors (Lipinski definition) is 1. The molecule has 0 saturated carbocycles. The Labute approximate surface area is 80.7 Å². The molecular weight excluding hydrogens is 160 g/mol. The Hall–Kier alpha value is -0.820. The van der Waals surface area contributed by atoms with E-state index in [4.69, 9.17) is 4.74 Å². The van der Waals surface area contributed by atoms with E-state index in [-0.39, 0.29) is 0 Å². The number of rotatable bonds is 5. The van der Waals surface area contributed by atoms with Crippen LogP contribution in [0.4, 0.5) is 0 Å². The summed E-state index contributed by atoms with van der Waals surface area (Å²) in [4.78, 5) is 0. The normalized spacial score (nSPS) is 12.8. The molecule has 1 aromatic rings. The van der Waals surface area contributed by atoms with E-state index in [1.54, 1.807) is 0 Å². The van der Waals surface area contributed by atoms with Crippen molar-refractivity contribution in [1.29, 1.82) is 0 Å². The van der Waals surface area contributed by atoms with Gasteiger partial charge in [-0.25, -0.2) is 0 Å². The summed E-state index contributed by atoms with van der Waals surface area (Å²) in [5, 5.41) is 0. The molecule has 0 spiro atoms. The summed E-state index contributed by atoms with van der Waals surface area (Å²) < 4.78 is 5.26. The zero-order valence-corrected chi connectivity index (χ0v) is 8.20. The predicted molar refractivity (Wildman–Crippen MR) is 55.5 cm³/mol. The van der Waals surface area contributed by atoms with Crippen molar-refractivity contribution < 1.29 is 4.74 Å². The van der Waals surface area contributed by atoms with Crippen LogP contribution >= 0.6 is 0 Å². The van der Waals surface area contributed by atoms with Crippen LogP contribution in [0.1, 0.15) is 12.5 Å². The Morgan fingerprint density at radius 2 is 2.00 bits per heavy atom. The van der Waals surface area contributed by atoms with E-state index in [0.29, 0.717) is 12.5 Å². The number of hydrogen-bond donors (Lipinski definition) is 0. The molecule has 1 nitrogen and oxygen atoms in total.